The zero-order valence-corrected chi connectivity index (χ0v) is 13.4. The van der Waals surface area contributed by atoms with Crippen molar-refractivity contribution in [1.82, 2.24) is 5.32 Å². The van der Waals surface area contributed by atoms with Gasteiger partial charge < -0.3 is 5.32 Å². The summed E-state index contributed by atoms with van der Waals surface area (Å²) in [6, 6.07) is 4.47. The average molecular weight is 295 g/mol. The molecular formula is C18H27F2N. The van der Waals surface area contributed by atoms with Crippen LogP contribution in [-0.2, 0) is 0 Å². The summed E-state index contributed by atoms with van der Waals surface area (Å²) >= 11 is 0. The molecule has 1 atom stereocenters. The van der Waals surface area contributed by atoms with Gasteiger partial charge in [-0.1, -0.05) is 45.7 Å². The molecule has 21 heavy (non-hydrogen) atoms. The molecule has 0 saturated heterocycles. The predicted octanol–water partition coefficient (Wildman–Crippen LogP) is 5.22. The van der Waals surface area contributed by atoms with Crippen LogP contribution in [0.15, 0.2) is 18.2 Å². The van der Waals surface area contributed by atoms with Crippen molar-refractivity contribution in [3.8, 4) is 0 Å². The van der Waals surface area contributed by atoms with Crippen LogP contribution in [0.2, 0.25) is 0 Å². The summed E-state index contributed by atoms with van der Waals surface area (Å²) in [7, 11) is 0. The fourth-order valence-corrected chi connectivity index (χ4v) is 4.11. The number of nitrogens with one attached hydrogen (secondary N) is 1. The van der Waals surface area contributed by atoms with Gasteiger partial charge in [0.2, 0.25) is 0 Å². The Morgan fingerprint density at radius 1 is 1.19 bits per heavy atom. The van der Waals surface area contributed by atoms with Crippen LogP contribution in [-0.4, -0.2) is 6.54 Å². The van der Waals surface area contributed by atoms with E-state index in [0.717, 1.165) is 25.8 Å². The Kier molecular flexibility index (Phi) is 5.37. The van der Waals surface area contributed by atoms with E-state index in [1.165, 1.54) is 18.9 Å². The maximum atomic E-state index is 14.3. The summed E-state index contributed by atoms with van der Waals surface area (Å²) < 4.78 is 28.0. The topological polar surface area (TPSA) is 12.0 Å². The van der Waals surface area contributed by atoms with E-state index >= 15 is 0 Å². The lowest BCUT2D eigenvalue weighted by Gasteiger charge is -2.40. The van der Waals surface area contributed by atoms with Crippen LogP contribution in [0.3, 0.4) is 0 Å². The largest absolute Gasteiger partial charge is 0.310 e. The van der Waals surface area contributed by atoms with Crippen LogP contribution in [0, 0.1) is 23.0 Å². The summed E-state index contributed by atoms with van der Waals surface area (Å²) in [5.74, 6) is -0.868. The van der Waals surface area contributed by atoms with E-state index in [1.807, 2.05) is 6.92 Å². The third-order valence-corrected chi connectivity index (χ3v) is 4.73. The maximum absolute atomic E-state index is 14.3. The Labute approximate surface area is 127 Å². The number of hydrogen-bond donors (Lipinski definition) is 1. The molecule has 3 heteroatoms. The van der Waals surface area contributed by atoms with Gasteiger partial charge in [-0.05, 0) is 43.2 Å². The first-order chi connectivity index (χ1) is 10.00. The third-order valence-electron chi connectivity index (χ3n) is 4.73. The minimum absolute atomic E-state index is 0.0544. The quantitative estimate of drug-likeness (QED) is 0.758. The summed E-state index contributed by atoms with van der Waals surface area (Å²) in [6.07, 6.45) is 5.62. The van der Waals surface area contributed by atoms with Crippen molar-refractivity contribution in [1.29, 1.82) is 0 Å². The van der Waals surface area contributed by atoms with Gasteiger partial charge in [-0.2, -0.15) is 0 Å². The Morgan fingerprint density at radius 2 is 1.86 bits per heavy atom. The molecule has 1 aliphatic carbocycles. The highest BCUT2D eigenvalue weighted by atomic mass is 19.2. The zero-order chi connectivity index (χ0) is 15.5. The van der Waals surface area contributed by atoms with Crippen molar-refractivity contribution >= 4 is 0 Å². The Bertz CT molecular complexity index is 464. The second-order valence-electron chi connectivity index (χ2n) is 6.80. The van der Waals surface area contributed by atoms with Crippen molar-refractivity contribution in [3.05, 3.63) is 35.4 Å². The minimum atomic E-state index is -0.743. The molecule has 0 aromatic heterocycles. The molecule has 0 bridgehead atoms. The molecule has 1 unspecified atom stereocenters. The van der Waals surface area contributed by atoms with Crippen molar-refractivity contribution < 1.29 is 8.78 Å². The van der Waals surface area contributed by atoms with Crippen LogP contribution >= 0.6 is 0 Å². The van der Waals surface area contributed by atoms with Crippen LogP contribution in [0.1, 0.15) is 64.5 Å². The highest BCUT2D eigenvalue weighted by Crippen LogP contribution is 2.52. The van der Waals surface area contributed by atoms with Gasteiger partial charge in [0.15, 0.2) is 11.6 Å². The van der Waals surface area contributed by atoms with Gasteiger partial charge in [-0.15, -0.1) is 0 Å². The molecule has 0 amide bonds. The first-order valence-corrected chi connectivity index (χ1v) is 8.17. The molecule has 0 spiro atoms. The van der Waals surface area contributed by atoms with Crippen molar-refractivity contribution in [2.75, 3.05) is 6.54 Å². The lowest BCUT2D eigenvalue weighted by atomic mass is 9.70. The average Bonchev–Trinajstić information content (AvgIpc) is 2.88. The van der Waals surface area contributed by atoms with E-state index < -0.39 is 11.6 Å². The van der Waals surface area contributed by atoms with E-state index in [4.69, 9.17) is 0 Å². The standard InChI is InChI=1S/C18H27F2N/c1-4-21-17(14-8-7-9-15(19)16(14)20)18(12-13(2)3)10-5-6-11-18/h7-9,13,17,21H,4-6,10-12H2,1-3H3. The van der Waals surface area contributed by atoms with Gasteiger partial charge >= 0.3 is 0 Å². The SMILES string of the molecule is CCNC(c1cccc(F)c1F)C1(CC(C)C)CCCC1. The number of rotatable bonds is 6. The molecule has 1 saturated carbocycles. The molecule has 0 heterocycles. The fraction of sp³-hybridized carbons (Fsp3) is 0.667. The second-order valence-corrected chi connectivity index (χ2v) is 6.80. The molecule has 1 aliphatic rings. The van der Waals surface area contributed by atoms with Crippen LogP contribution in [0.5, 0.6) is 0 Å². The van der Waals surface area contributed by atoms with Crippen LogP contribution in [0.25, 0.3) is 0 Å². The molecule has 1 aromatic rings. The van der Waals surface area contributed by atoms with Gasteiger partial charge in [0.25, 0.3) is 0 Å². The molecule has 118 valence electrons. The lowest BCUT2D eigenvalue weighted by molar-refractivity contribution is 0.153. The van der Waals surface area contributed by atoms with E-state index in [9.17, 15) is 8.78 Å². The van der Waals surface area contributed by atoms with E-state index in [1.54, 1.807) is 12.1 Å². The minimum Gasteiger partial charge on any atom is -0.310 e. The summed E-state index contributed by atoms with van der Waals surface area (Å²) in [5, 5.41) is 3.45. The molecule has 0 aliphatic heterocycles. The zero-order valence-electron chi connectivity index (χ0n) is 13.4. The number of benzene rings is 1. The highest BCUT2D eigenvalue weighted by Gasteiger charge is 2.43. The number of halogens is 2. The number of hydrogen-bond acceptors (Lipinski definition) is 1. The molecule has 0 radical (unpaired) electrons. The molecule has 1 nitrogen and oxygen atoms in total. The van der Waals surface area contributed by atoms with Crippen molar-refractivity contribution in [2.45, 2.75) is 58.9 Å². The van der Waals surface area contributed by atoms with Gasteiger partial charge in [-0.3, -0.25) is 0 Å². The Morgan fingerprint density at radius 3 is 2.43 bits per heavy atom. The molecule has 1 fully saturated rings. The van der Waals surface area contributed by atoms with E-state index in [0.29, 0.717) is 11.5 Å². The molecule has 1 aromatic carbocycles. The lowest BCUT2D eigenvalue weighted by Crippen LogP contribution is -2.38. The first-order valence-electron chi connectivity index (χ1n) is 8.17. The molecule has 1 N–H and O–H groups in total. The molecule has 2 rings (SSSR count). The second kappa shape index (κ2) is 6.87. The maximum Gasteiger partial charge on any atom is 0.163 e. The Balaban J connectivity index is 2.42. The molecular weight excluding hydrogens is 268 g/mol. The van der Waals surface area contributed by atoms with Gasteiger partial charge in [-0.25, -0.2) is 8.78 Å². The summed E-state index contributed by atoms with van der Waals surface area (Å²) in [4.78, 5) is 0. The van der Waals surface area contributed by atoms with Gasteiger partial charge in [0, 0.05) is 11.6 Å². The monoisotopic (exact) mass is 295 g/mol. The summed E-state index contributed by atoms with van der Waals surface area (Å²) in [6.45, 7) is 7.22. The van der Waals surface area contributed by atoms with Crippen LogP contribution < -0.4 is 5.32 Å². The third kappa shape index (κ3) is 3.45. The first kappa shape index (κ1) is 16.4. The highest BCUT2D eigenvalue weighted by molar-refractivity contribution is 5.25. The smallest absolute Gasteiger partial charge is 0.163 e. The Hall–Kier alpha value is -0.960. The van der Waals surface area contributed by atoms with Crippen molar-refractivity contribution in [3.63, 3.8) is 0 Å². The van der Waals surface area contributed by atoms with Gasteiger partial charge in [0.05, 0.1) is 0 Å². The van der Waals surface area contributed by atoms with Crippen molar-refractivity contribution in [2.24, 2.45) is 11.3 Å². The van der Waals surface area contributed by atoms with Crippen LogP contribution in [0.4, 0.5) is 8.78 Å². The van der Waals surface area contributed by atoms with Gasteiger partial charge in [0.1, 0.15) is 0 Å². The normalized spacial score (nSPS) is 19.1. The predicted molar refractivity (Wildman–Crippen MR) is 83.1 cm³/mol. The van der Waals surface area contributed by atoms with E-state index in [-0.39, 0.29) is 11.5 Å². The van der Waals surface area contributed by atoms with E-state index in [2.05, 4.69) is 19.2 Å². The fourth-order valence-electron chi connectivity index (χ4n) is 4.11. The summed E-state index contributed by atoms with van der Waals surface area (Å²) in [5.41, 5.74) is 0.554.